The summed E-state index contributed by atoms with van der Waals surface area (Å²) >= 11 is 1.08. The largest absolute Gasteiger partial charge is 0.337 e. The third-order valence-corrected chi connectivity index (χ3v) is 5.28. The van der Waals surface area contributed by atoms with E-state index < -0.39 is 14.9 Å². The minimum atomic E-state index is -3.73. The van der Waals surface area contributed by atoms with Gasteiger partial charge in [0, 0.05) is 18.0 Å². The van der Waals surface area contributed by atoms with Crippen LogP contribution in [-0.4, -0.2) is 30.4 Å². The van der Waals surface area contributed by atoms with Gasteiger partial charge in [-0.3, -0.25) is 10.1 Å². The molecule has 0 aliphatic carbocycles. The lowest BCUT2D eigenvalue weighted by molar-refractivity contribution is -0.388. The highest BCUT2D eigenvalue weighted by molar-refractivity contribution is 7.99. The topological polar surface area (TPSA) is 118 Å². The molecular weight excluding hydrogens is 328 g/mol. The fourth-order valence-corrected chi connectivity index (χ4v) is 3.30. The summed E-state index contributed by atoms with van der Waals surface area (Å²) in [4.78, 5) is 17.9. The van der Waals surface area contributed by atoms with E-state index in [0.717, 1.165) is 29.9 Å². The second-order valence-corrected chi connectivity index (χ2v) is 7.18. The second kappa shape index (κ2) is 6.46. The van der Waals surface area contributed by atoms with Crippen LogP contribution < -0.4 is 4.72 Å². The van der Waals surface area contributed by atoms with Crippen molar-refractivity contribution in [3.8, 4) is 0 Å². The summed E-state index contributed by atoms with van der Waals surface area (Å²) in [6.45, 7) is 1.96. The van der Waals surface area contributed by atoms with Gasteiger partial charge in [-0.15, -0.1) is 0 Å². The van der Waals surface area contributed by atoms with Gasteiger partial charge in [-0.2, -0.15) is 0 Å². The van der Waals surface area contributed by atoms with E-state index in [1.807, 2.05) is 6.92 Å². The average Bonchev–Trinajstić information content (AvgIpc) is 2.95. The van der Waals surface area contributed by atoms with Crippen molar-refractivity contribution >= 4 is 27.5 Å². The van der Waals surface area contributed by atoms with Crippen molar-refractivity contribution in [2.24, 2.45) is 0 Å². The number of nitrogens with one attached hydrogen (secondary N) is 2. The van der Waals surface area contributed by atoms with Gasteiger partial charge in [-0.05, 0) is 37.4 Å². The average molecular weight is 342 g/mol. The maximum absolute atomic E-state index is 11.7. The summed E-state index contributed by atoms with van der Waals surface area (Å²) < 4.78 is 25.6. The molecule has 0 saturated carbocycles. The molecule has 0 aliphatic rings. The summed E-state index contributed by atoms with van der Waals surface area (Å²) in [6.07, 6.45) is 2.43. The molecule has 0 saturated heterocycles. The van der Waals surface area contributed by atoms with Gasteiger partial charge in [0.15, 0.2) is 5.16 Å². The molecule has 0 atom stereocenters. The van der Waals surface area contributed by atoms with Gasteiger partial charge in [-0.1, -0.05) is 6.92 Å². The molecule has 2 rings (SSSR count). The molecule has 0 aliphatic heterocycles. The first-order valence-electron chi connectivity index (χ1n) is 6.31. The molecule has 0 bridgehead atoms. The third kappa shape index (κ3) is 3.46. The Morgan fingerprint density at radius 3 is 2.73 bits per heavy atom. The molecule has 0 amide bonds. The summed E-state index contributed by atoms with van der Waals surface area (Å²) in [5, 5.41) is 11.7. The number of nitro benzene ring substituents is 1. The number of rotatable bonds is 6. The summed E-state index contributed by atoms with van der Waals surface area (Å²) in [5.41, 5.74) is 0.635. The van der Waals surface area contributed by atoms with Gasteiger partial charge in [0.25, 0.3) is 5.69 Å². The lowest BCUT2D eigenvalue weighted by Crippen LogP contribution is -2.18. The van der Waals surface area contributed by atoms with Gasteiger partial charge >= 0.3 is 0 Å². The second-order valence-electron chi connectivity index (χ2n) is 4.26. The molecule has 118 valence electrons. The molecular formula is C12H14N4O4S2. The number of hydrogen-bond donors (Lipinski definition) is 2. The van der Waals surface area contributed by atoms with E-state index in [4.69, 9.17) is 0 Å². The molecule has 0 radical (unpaired) electrons. The number of hydrogen-bond acceptors (Lipinski definition) is 6. The van der Waals surface area contributed by atoms with E-state index in [0.29, 0.717) is 10.1 Å². The van der Waals surface area contributed by atoms with Crippen molar-refractivity contribution in [3.63, 3.8) is 0 Å². The smallest absolute Gasteiger partial charge is 0.284 e. The molecule has 0 spiro atoms. The third-order valence-electron chi connectivity index (χ3n) is 2.90. The lowest BCUT2D eigenvalue weighted by Gasteiger charge is -2.05. The molecule has 2 N–H and O–H groups in total. The fraction of sp³-hybridized carbons (Fsp3) is 0.250. The summed E-state index contributed by atoms with van der Waals surface area (Å²) in [6, 6.07) is 3.77. The standard InChI is InChI=1S/C12H14N4O4S2/c1-3-8-7-14-12(15-8)21-11-5-4-9(22(19,20)13-2)6-10(11)16(17)18/h4-7,13H,3H2,1-2H3,(H,14,15). The van der Waals surface area contributed by atoms with Gasteiger partial charge in [0.2, 0.25) is 10.0 Å². The van der Waals surface area contributed by atoms with Gasteiger partial charge in [0.1, 0.15) is 0 Å². The monoisotopic (exact) mass is 342 g/mol. The van der Waals surface area contributed by atoms with Gasteiger partial charge in [0.05, 0.1) is 14.7 Å². The van der Waals surface area contributed by atoms with Crippen LogP contribution in [-0.2, 0) is 16.4 Å². The molecule has 0 unspecified atom stereocenters. The Balaban J connectivity index is 2.41. The normalized spacial score (nSPS) is 11.5. The number of sulfonamides is 1. The van der Waals surface area contributed by atoms with E-state index >= 15 is 0 Å². The van der Waals surface area contributed by atoms with Crippen LogP contribution in [0.2, 0.25) is 0 Å². The highest BCUT2D eigenvalue weighted by Crippen LogP contribution is 2.34. The number of aromatic nitrogens is 2. The minimum absolute atomic E-state index is 0.153. The Bertz CT molecular complexity index is 801. The number of imidazole rings is 1. The molecule has 0 fully saturated rings. The van der Waals surface area contributed by atoms with Crippen LogP contribution in [0.15, 0.2) is 39.3 Å². The van der Waals surface area contributed by atoms with E-state index in [1.165, 1.54) is 19.2 Å². The van der Waals surface area contributed by atoms with E-state index in [2.05, 4.69) is 14.7 Å². The number of aromatic amines is 1. The first-order valence-corrected chi connectivity index (χ1v) is 8.61. The first kappa shape index (κ1) is 16.5. The van der Waals surface area contributed by atoms with Crippen molar-refractivity contribution < 1.29 is 13.3 Å². The van der Waals surface area contributed by atoms with Crippen molar-refractivity contribution in [1.82, 2.24) is 14.7 Å². The molecule has 22 heavy (non-hydrogen) atoms. The molecule has 2 aromatic rings. The van der Waals surface area contributed by atoms with Crippen LogP contribution in [0.25, 0.3) is 0 Å². The number of H-pyrrole nitrogens is 1. The van der Waals surface area contributed by atoms with Crippen molar-refractivity contribution in [3.05, 3.63) is 40.2 Å². The summed E-state index contributed by atoms with van der Waals surface area (Å²) in [5.74, 6) is 0. The quantitative estimate of drug-likeness (QED) is 0.612. The number of benzene rings is 1. The van der Waals surface area contributed by atoms with Crippen LogP contribution in [0.3, 0.4) is 0 Å². The van der Waals surface area contributed by atoms with Crippen molar-refractivity contribution in [1.29, 1.82) is 0 Å². The molecule has 1 heterocycles. The number of aryl methyl sites for hydroxylation is 1. The first-order chi connectivity index (χ1) is 10.4. The molecule has 1 aromatic carbocycles. The Kier molecular flexibility index (Phi) is 4.84. The lowest BCUT2D eigenvalue weighted by atomic mass is 10.3. The number of nitro groups is 1. The number of nitrogens with zero attached hydrogens (tertiary/aromatic N) is 2. The van der Waals surface area contributed by atoms with Crippen molar-refractivity contribution in [2.45, 2.75) is 28.3 Å². The van der Waals surface area contributed by atoms with Crippen molar-refractivity contribution in [2.75, 3.05) is 7.05 Å². The zero-order chi connectivity index (χ0) is 16.3. The maximum atomic E-state index is 11.7. The van der Waals surface area contributed by atoms with E-state index in [1.54, 1.807) is 6.20 Å². The predicted molar refractivity (Wildman–Crippen MR) is 81.4 cm³/mol. The Hall–Kier alpha value is -1.91. The molecule has 10 heteroatoms. The Morgan fingerprint density at radius 1 is 1.45 bits per heavy atom. The Labute approximate surface area is 131 Å². The predicted octanol–water partition coefficient (Wildman–Crippen LogP) is 1.94. The maximum Gasteiger partial charge on any atom is 0.284 e. The Morgan fingerprint density at radius 2 is 2.18 bits per heavy atom. The van der Waals surface area contributed by atoms with Crippen LogP contribution in [0.1, 0.15) is 12.6 Å². The van der Waals surface area contributed by atoms with Crippen LogP contribution in [0.4, 0.5) is 5.69 Å². The summed E-state index contributed by atoms with van der Waals surface area (Å²) in [7, 11) is -2.48. The van der Waals surface area contributed by atoms with E-state index in [-0.39, 0.29) is 10.6 Å². The van der Waals surface area contributed by atoms with Crippen LogP contribution >= 0.6 is 11.8 Å². The van der Waals surface area contributed by atoms with Crippen LogP contribution in [0.5, 0.6) is 0 Å². The van der Waals surface area contributed by atoms with E-state index in [9.17, 15) is 18.5 Å². The van der Waals surface area contributed by atoms with Gasteiger partial charge < -0.3 is 4.98 Å². The zero-order valence-corrected chi connectivity index (χ0v) is 13.5. The van der Waals surface area contributed by atoms with Crippen LogP contribution in [0, 0.1) is 10.1 Å². The minimum Gasteiger partial charge on any atom is -0.337 e. The SMILES string of the molecule is CCc1cnc(Sc2ccc(S(=O)(=O)NC)cc2[N+](=O)[O-])[nH]1. The molecule has 1 aromatic heterocycles. The highest BCUT2D eigenvalue weighted by Gasteiger charge is 2.21. The fourth-order valence-electron chi connectivity index (χ4n) is 1.69. The molecule has 8 nitrogen and oxygen atoms in total. The zero-order valence-electron chi connectivity index (χ0n) is 11.9. The van der Waals surface area contributed by atoms with Gasteiger partial charge in [-0.25, -0.2) is 18.1 Å². The highest BCUT2D eigenvalue weighted by atomic mass is 32.2.